The fraction of sp³-hybridized carbons (Fsp3) is 0.286. The second kappa shape index (κ2) is 8.98. The zero-order valence-electron chi connectivity index (χ0n) is 15.0. The number of carbonyl (C=O) groups excluding carboxylic acids is 1. The topological polar surface area (TPSA) is 81.2 Å². The maximum atomic E-state index is 12.4. The zero-order valence-corrected chi connectivity index (χ0v) is 15.0. The summed E-state index contributed by atoms with van der Waals surface area (Å²) in [5, 5.41) is 0.468. The average molecular weight is 366 g/mol. The number of hydrogen-bond donors (Lipinski definition) is 1. The van der Waals surface area contributed by atoms with E-state index < -0.39 is 5.69 Å². The van der Waals surface area contributed by atoms with Gasteiger partial charge in [-0.1, -0.05) is 42.5 Å². The van der Waals surface area contributed by atoms with E-state index in [4.69, 9.17) is 4.74 Å². The molecule has 1 N–H and O–H groups in total. The van der Waals surface area contributed by atoms with Crippen LogP contribution in [0, 0.1) is 0 Å². The van der Waals surface area contributed by atoms with Crippen molar-refractivity contribution < 1.29 is 9.53 Å². The number of rotatable bonds is 8. The van der Waals surface area contributed by atoms with Crippen LogP contribution in [0.5, 0.6) is 0 Å². The first-order valence-corrected chi connectivity index (χ1v) is 9.06. The van der Waals surface area contributed by atoms with E-state index in [1.54, 1.807) is 24.3 Å². The minimum Gasteiger partial charge on any atom is -0.466 e. The number of aryl methyl sites for hydroxylation is 1. The van der Waals surface area contributed by atoms with Gasteiger partial charge in [-0.15, -0.1) is 0 Å². The lowest BCUT2D eigenvalue weighted by atomic mass is 10.1. The first-order chi connectivity index (χ1) is 13.1. The van der Waals surface area contributed by atoms with Crippen LogP contribution >= 0.6 is 0 Å². The van der Waals surface area contributed by atoms with Crippen molar-refractivity contribution in [2.75, 3.05) is 6.61 Å². The van der Waals surface area contributed by atoms with Gasteiger partial charge in [0, 0.05) is 13.0 Å². The number of ether oxygens (including phenoxy) is 1. The van der Waals surface area contributed by atoms with Gasteiger partial charge in [0.1, 0.15) is 0 Å². The smallest absolute Gasteiger partial charge is 0.328 e. The third-order valence-corrected chi connectivity index (χ3v) is 4.37. The van der Waals surface area contributed by atoms with Crippen molar-refractivity contribution in [3.63, 3.8) is 0 Å². The second-order valence-corrected chi connectivity index (χ2v) is 6.35. The molecule has 6 heteroatoms. The highest BCUT2D eigenvalue weighted by Gasteiger charge is 2.08. The number of benzene rings is 2. The summed E-state index contributed by atoms with van der Waals surface area (Å²) < 4.78 is 6.35. The SMILES string of the molecule is O=C(CCCc1ccccc1)OCCCn1c(=O)[nH]c2ccccc2c1=O. The van der Waals surface area contributed by atoms with E-state index >= 15 is 0 Å². The van der Waals surface area contributed by atoms with E-state index in [-0.39, 0.29) is 24.7 Å². The molecule has 1 aromatic heterocycles. The maximum Gasteiger partial charge on any atom is 0.328 e. The van der Waals surface area contributed by atoms with Crippen LogP contribution in [0.3, 0.4) is 0 Å². The largest absolute Gasteiger partial charge is 0.466 e. The summed E-state index contributed by atoms with van der Waals surface area (Å²) in [6.07, 6.45) is 2.32. The Morgan fingerprint density at radius 2 is 1.70 bits per heavy atom. The number of fused-ring (bicyclic) bond motifs is 1. The molecule has 3 aromatic rings. The first-order valence-electron chi connectivity index (χ1n) is 9.06. The molecule has 0 amide bonds. The minimum atomic E-state index is -0.451. The Balaban J connectivity index is 1.45. The molecule has 2 aromatic carbocycles. The van der Waals surface area contributed by atoms with Crippen molar-refractivity contribution in [3.8, 4) is 0 Å². The van der Waals surface area contributed by atoms with E-state index in [0.29, 0.717) is 23.7 Å². The van der Waals surface area contributed by atoms with Gasteiger partial charge in [0.05, 0.1) is 17.5 Å². The fourth-order valence-electron chi connectivity index (χ4n) is 2.96. The molecule has 140 valence electrons. The van der Waals surface area contributed by atoms with Crippen molar-refractivity contribution >= 4 is 16.9 Å². The minimum absolute atomic E-state index is 0.183. The molecule has 3 rings (SSSR count). The van der Waals surface area contributed by atoms with Gasteiger partial charge in [-0.2, -0.15) is 0 Å². The molecule has 0 aliphatic heterocycles. The van der Waals surface area contributed by atoms with Crippen molar-refractivity contribution in [3.05, 3.63) is 81.0 Å². The maximum absolute atomic E-state index is 12.4. The summed E-state index contributed by atoms with van der Waals surface area (Å²) in [7, 11) is 0. The van der Waals surface area contributed by atoms with Gasteiger partial charge in [-0.05, 0) is 37.0 Å². The summed E-state index contributed by atoms with van der Waals surface area (Å²) in [4.78, 5) is 38.9. The zero-order chi connectivity index (χ0) is 19.1. The van der Waals surface area contributed by atoms with E-state index in [1.165, 1.54) is 5.56 Å². The van der Waals surface area contributed by atoms with Crippen molar-refractivity contribution in [1.82, 2.24) is 9.55 Å². The van der Waals surface area contributed by atoms with Gasteiger partial charge < -0.3 is 9.72 Å². The molecule has 0 radical (unpaired) electrons. The predicted molar refractivity (Wildman–Crippen MR) is 104 cm³/mol. The predicted octanol–water partition coefficient (Wildman–Crippen LogP) is 2.65. The summed E-state index contributed by atoms with van der Waals surface area (Å²) in [6.45, 7) is 0.388. The van der Waals surface area contributed by atoms with Crippen LogP contribution in [0.15, 0.2) is 64.2 Å². The van der Waals surface area contributed by atoms with Crippen LogP contribution in [0.4, 0.5) is 0 Å². The summed E-state index contributed by atoms with van der Waals surface area (Å²) >= 11 is 0. The average Bonchev–Trinajstić information content (AvgIpc) is 2.68. The molecule has 0 spiro atoms. The van der Waals surface area contributed by atoms with E-state index in [0.717, 1.165) is 17.4 Å². The lowest BCUT2D eigenvalue weighted by molar-refractivity contribution is -0.143. The standard InChI is InChI=1S/C21H22N2O4/c24-19(13-6-10-16-8-2-1-3-9-16)27-15-7-14-23-20(25)17-11-4-5-12-18(17)22-21(23)26/h1-5,8-9,11-12H,6-7,10,13-15H2,(H,22,26). The first kappa shape index (κ1) is 18.6. The fourth-order valence-corrected chi connectivity index (χ4v) is 2.96. The van der Waals surface area contributed by atoms with Crippen LogP contribution in [0.25, 0.3) is 10.9 Å². The van der Waals surface area contributed by atoms with Crippen LogP contribution in [0.1, 0.15) is 24.8 Å². The number of nitrogens with one attached hydrogen (secondary N) is 1. The number of aromatic amines is 1. The monoisotopic (exact) mass is 366 g/mol. The van der Waals surface area contributed by atoms with Gasteiger partial charge in [0.25, 0.3) is 5.56 Å². The number of hydrogen-bond acceptors (Lipinski definition) is 4. The summed E-state index contributed by atoms with van der Waals surface area (Å²) in [5.74, 6) is -0.259. The second-order valence-electron chi connectivity index (χ2n) is 6.35. The molecule has 0 saturated heterocycles. The van der Waals surface area contributed by atoms with Gasteiger partial charge in [-0.25, -0.2) is 4.79 Å². The van der Waals surface area contributed by atoms with Crippen LogP contribution in [0.2, 0.25) is 0 Å². The van der Waals surface area contributed by atoms with Gasteiger partial charge in [-0.3, -0.25) is 14.2 Å². The van der Waals surface area contributed by atoms with Crippen molar-refractivity contribution in [2.24, 2.45) is 0 Å². The molecule has 0 unspecified atom stereocenters. The third kappa shape index (κ3) is 4.94. The third-order valence-electron chi connectivity index (χ3n) is 4.37. The number of esters is 1. The highest BCUT2D eigenvalue weighted by Crippen LogP contribution is 2.06. The number of para-hydroxylation sites is 1. The number of nitrogens with zero attached hydrogens (tertiary/aromatic N) is 1. The van der Waals surface area contributed by atoms with Crippen molar-refractivity contribution in [1.29, 1.82) is 0 Å². The Labute approximate surface area is 156 Å². The van der Waals surface area contributed by atoms with Crippen LogP contribution in [-0.2, 0) is 22.5 Å². The van der Waals surface area contributed by atoms with Crippen LogP contribution in [-0.4, -0.2) is 22.1 Å². The van der Waals surface area contributed by atoms with Gasteiger partial charge in [0.2, 0.25) is 0 Å². The quantitative estimate of drug-likeness (QED) is 0.491. The molecule has 0 saturated carbocycles. The lowest BCUT2D eigenvalue weighted by Gasteiger charge is -2.07. The molecular formula is C21H22N2O4. The van der Waals surface area contributed by atoms with Gasteiger partial charge >= 0.3 is 11.7 Å². The molecule has 1 heterocycles. The molecule has 0 aliphatic rings. The Morgan fingerprint density at radius 3 is 2.52 bits per heavy atom. The van der Waals surface area contributed by atoms with Crippen molar-refractivity contribution in [2.45, 2.75) is 32.2 Å². The highest BCUT2D eigenvalue weighted by atomic mass is 16.5. The van der Waals surface area contributed by atoms with E-state index in [9.17, 15) is 14.4 Å². The Kier molecular flexibility index (Phi) is 6.20. The van der Waals surface area contributed by atoms with E-state index in [2.05, 4.69) is 4.98 Å². The summed E-state index contributed by atoms with van der Waals surface area (Å²) in [5.41, 5.74) is 0.935. The number of aromatic nitrogens is 2. The van der Waals surface area contributed by atoms with Crippen LogP contribution < -0.4 is 11.2 Å². The molecule has 0 atom stereocenters. The van der Waals surface area contributed by atoms with E-state index in [1.807, 2.05) is 30.3 Å². The Hall–Kier alpha value is -3.15. The highest BCUT2D eigenvalue weighted by molar-refractivity contribution is 5.76. The Bertz CT molecular complexity index is 1020. The number of H-pyrrole nitrogens is 1. The molecule has 0 bridgehead atoms. The Morgan fingerprint density at radius 1 is 0.963 bits per heavy atom. The molecule has 0 aliphatic carbocycles. The molecular weight excluding hydrogens is 344 g/mol. The molecule has 6 nitrogen and oxygen atoms in total. The lowest BCUT2D eigenvalue weighted by Crippen LogP contribution is -2.35. The normalized spacial score (nSPS) is 10.8. The van der Waals surface area contributed by atoms with Gasteiger partial charge in [0.15, 0.2) is 0 Å². The molecule has 0 fully saturated rings. The summed E-state index contributed by atoms with van der Waals surface area (Å²) in [6, 6.07) is 16.9. The molecule has 27 heavy (non-hydrogen) atoms. The number of carbonyl (C=O) groups is 1.